The summed E-state index contributed by atoms with van der Waals surface area (Å²) in [6.07, 6.45) is 0.612. The molecule has 0 saturated heterocycles. The standard InChI is InChI=1S/C12H15NO3/c1-8-10(3-2-4-11(8)15)12-13-9(5-6-14)7-16-12/h2-4,9,14-15H,5-7H2,1H3/t9-/m1/s1. The number of benzene rings is 1. The molecule has 1 heterocycles. The summed E-state index contributed by atoms with van der Waals surface area (Å²) < 4.78 is 5.47. The highest BCUT2D eigenvalue weighted by Crippen LogP contribution is 2.23. The molecule has 0 bridgehead atoms. The van der Waals surface area contributed by atoms with Gasteiger partial charge in [-0.15, -0.1) is 0 Å². The monoisotopic (exact) mass is 221 g/mol. The second-order valence-corrected chi connectivity index (χ2v) is 3.86. The fourth-order valence-corrected chi connectivity index (χ4v) is 1.71. The molecule has 0 aliphatic carbocycles. The molecule has 1 atom stereocenters. The third-order valence-electron chi connectivity index (χ3n) is 2.71. The van der Waals surface area contributed by atoms with Gasteiger partial charge in [0.1, 0.15) is 12.4 Å². The van der Waals surface area contributed by atoms with Crippen LogP contribution in [0.4, 0.5) is 0 Å². The second kappa shape index (κ2) is 4.53. The molecule has 0 spiro atoms. The van der Waals surface area contributed by atoms with Crippen LogP contribution in [0.25, 0.3) is 0 Å². The van der Waals surface area contributed by atoms with Crippen LogP contribution in [0.1, 0.15) is 17.5 Å². The number of hydrogen-bond acceptors (Lipinski definition) is 4. The van der Waals surface area contributed by atoms with Crippen LogP contribution in [0.15, 0.2) is 23.2 Å². The summed E-state index contributed by atoms with van der Waals surface area (Å²) in [5.41, 5.74) is 1.59. The van der Waals surface area contributed by atoms with E-state index in [1.165, 1.54) is 0 Å². The van der Waals surface area contributed by atoms with Crippen molar-refractivity contribution in [2.24, 2.45) is 4.99 Å². The first-order valence-corrected chi connectivity index (χ1v) is 5.32. The summed E-state index contributed by atoms with van der Waals surface area (Å²) >= 11 is 0. The predicted octanol–water partition coefficient (Wildman–Crippen LogP) is 1.23. The Morgan fingerprint density at radius 2 is 2.31 bits per heavy atom. The van der Waals surface area contributed by atoms with E-state index in [-0.39, 0.29) is 18.4 Å². The van der Waals surface area contributed by atoms with Gasteiger partial charge in [-0.2, -0.15) is 0 Å². The van der Waals surface area contributed by atoms with E-state index in [0.717, 1.165) is 11.1 Å². The van der Waals surface area contributed by atoms with Crippen molar-refractivity contribution in [3.05, 3.63) is 29.3 Å². The van der Waals surface area contributed by atoms with Crippen LogP contribution < -0.4 is 0 Å². The van der Waals surface area contributed by atoms with Crippen LogP contribution in [0.5, 0.6) is 5.75 Å². The normalized spacial score (nSPS) is 19.4. The Morgan fingerprint density at radius 3 is 3.06 bits per heavy atom. The molecule has 0 saturated carbocycles. The largest absolute Gasteiger partial charge is 0.508 e. The van der Waals surface area contributed by atoms with Crippen molar-refractivity contribution < 1.29 is 14.9 Å². The summed E-state index contributed by atoms with van der Waals surface area (Å²) in [4.78, 5) is 4.37. The number of ether oxygens (including phenoxy) is 1. The van der Waals surface area contributed by atoms with Crippen LogP contribution in [0, 0.1) is 6.92 Å². The van der Waals surface area contributed by atoms with Gasteiger partial charge in [0.15, 0.2) is 0 Å². The van der Waals surface area contributed by atoms with E-state index < -0.39 is 0 Å². The van der Waals surface area contributed by atoms with Crippen molar-refractivity contribution in [3.8, 4) is 5.75 Å². The van der Waals surface area contributed by atoms with Crippen LogP contribution in [0.2, 0.25) is 0 Å². The smallest absolute Gasteiger partial charge is 0.216 e. The number of aliphatic imine (C=N–C) groups is 1. The van der Waals surface area contributed by atoms with E-state index in [2.05, 4.69) is 4.99 Å². The van der Waals surface area contributed by atoms with Crippen molar-refractivity contribution in [3.63, 3.8) is 0 Å². The molecular formula is C12H15NO3. The maximum absolute atomic E-state index is 9.58. The number of nitrogens with zero attached hydrogens (tertiary/aromatic N) is 1. The number of aromatic hydroxyl groups is 1. The van der Waals surface area contributed by atoms with Crippen LogP contribution in [-0.4, -0.2) is 35.4 Å². The molecule has 2 N–H and O–H groups in total. The van der Waals surface area contributed by atoms with Gasteiger partial charge >= 0.3 is 0 Å². The average Bonchev–Trinajstić information content (AvgIpc) is 2.71. The fraction of sp³-hybridized carbons (Fsp3) is 0.417. The Morgan fingerprint density at radius 1 is 1.50 bits per heavy atom. The lowest BCUT2D eigenvalue weighted by Crippen LogP contribution is -2.08. The highest BCUT2D eigenvalue weighted by molar-refractivity contribution is 5.97. The van der Waals surface area contributed by atoms with Crippen LogP contribution >= 0.6 is 0 Å². The molecule has 1 aromatic carbocycles. The van der Waals surface area contributed by atoms with Gasteiger partial charge in [-0.25, -0.2) is 4.99 Å². The van der Waals surface area contributed by atoms with Crippen molar-refractivity contribution in [2.75, 3.05) is 13.2 Å². The maximum Gasteiger partial charge on any atom is 0.216 e. The minimum Gasteiger partial charge on any atom is -0.508 e. The summed E-state index contributed by atoms with van der Waals surface area (Å²) in [5.74, 6) is 0.807. The Balaban J connectivity index is 2.25. The first kappa shape index (κ1) is 11.0. The van der Waals surface area contributed by atoms with Crippen molar-refractivity contribution in [2.45, 2.75) is 19.4 Å². The number of hydrogen-bond donors (Lipinski definition) is 2. The molecule has 1 aliphatic heterocycles. The molecule has 1 aliphatic rings. The number of phenolic OH excluding ortho intramolecular Hbond substituents is 1. The number of aliphatic hydroxyl groups is 1. The van der Waals surface area contributed by atoms with E-state index in [4.69, 9.17) is 9.84 Å². The summed E-state index contributed by atoms with van der Waals surface area (Å²) in [7, 11) is 0. The van der Waals surface area contributed by atoms with E-state index >= 15 is 0 Å². The molecule has 16 heavy (non-hydrogen) atoms. The molecule has 2 rings (SSSR count). The lowest BCUT2D eigenvalue weighted by Gasteiger charge is -2.06. The minimum atomic E-state index is 0.0294. The van der Waals surface area contributed by atoms with E-state index in [1.807, 2.05) is 13.0 Å². The second-order valence-electron chi connectivity index (χ2n) is 3.86. The van der Waals surface area contributed by atoms with Gasteiger partial charge in [0, 0.05) is 17.7 Å². The minimum absolute atomic E-state index is 0.0294. The molecular weight excluding hydrogens is 206 g/mol. The van der Waals surface area contributed by atoms with E-state index in [0.29, 0.717) is 18.9 Å². The van der Waals surface area contributed by atoms with Gasteiger partial charge in [-0.3, -0.25) is 0 Å². The summed E-state index contributed by atoms with van der Waals surface area (Å²) in [6.45, 7) is 2.45. The van der Waals surface area contributed by atoms with Crippen molar-refractivity contribution in [1.29, 1.82) is 0 Å². The molecule has 4 heteroatoms. The summed E-state index contributed by atoms with van der Waals surface area (Å²) in [6, 6.07) is 5.30. The van der Waals surface area contributed by atoms with Crippen molar-refractivity contribution >= 4 is 5.90 Å². The first-order valence-electron chi connectivity index (χ1n) is 5.32. The number of phenols is 1. The quantitative estimate of drug-likeness (QED) is 0.807. The van der Waals surface area contributed by atoms with Crippen LogP contribution in [-0.2, 0) is 4.74 Å². The average molecular weight is 221 g/mol. The zero-order chi connectivity index (χ0) is 11.5. The molecule has 86 valence electrons. The number of aliphatic hydroxyl groups excluding tert-OH is 1. The third-order valence-corrected chi connectivity index (χ3v) is 2.71. The van der Waals surface area contributed by atoms with E-state index in [9.17, 15) is 5.11 Å². The SMILES string of the molecule is Cc1c(O)cccc1C1=N[C@H](CCO)CO1. The van der Waals surface area contributed by atoms with Gasteiger partial charge in [-0.1, -0.05) is 6.07 Å². The van der Waals surface area contributed by atoms with Crippen LogP contribution in [0.3, 0.4) is 0 Å². The fourth-order valence-electron chi connectivity index (χ4n) is 1.71. The lowest BCUT2D eigenvalue weighted by atomic mass is 10.1. The molecule has 0 radical (unpaired) electrons. The Labute approximate surface area is 94.2 Å². The van der Waals surface area contributed by atoms with Crippen molar-refractivity contribution in [1.82, 2.24) is 0 Å². The van der Waals surface area contributed by atoms with E-state index in [1.54, 1.807) is 12.1 Å². The highest BCUT2D eigenvalue weighted by Gasteiger charge is 2.21. The molecule has 1 aromatic rings. The summed E-state index contributed by atoms with van der Waals surface area (Å²) in [5, 5.41) is 18.4. The zero-order valence-corrected chi connectivity index (χ0v) is 9.18. The molecule has 0 aromatic heterocycles. The lowest BCUT2D eigenvalue weighted by molar-refractivity contribution is 0.251. The van der Waals surface area contributed by atoms with Gasteiger partial charge in [0.05, 0.1) is 6.04 Å². The molecule has 0 fully saturated rings. The topological polar surface area (TPSA) is 62.1 Å². The van der Waals surface area contributed by atoms with Gasteiger partial charge in [0.25, 0.3) is 0 Å². The molecule has 0 amide bonds. The Kier molecular flexibility index (Phi) is 3.10. The predicted molar refractivity (Wildman–Crippen MR) is 60.8 cm³/mol. The first-order chi connectivity index (χ1) is 7.72. The highest BCUT2D eigenvalue weighted by atomic mass is 16.5. The van der Waals surface area contributed by atoms with Gasteiger partial charge < -0.3 is 14.9 Å². The van der Waals surface area contributed by atoms with Gasteiger partial charge in [-0.05, 0) is 25.5 Å². The zero-order valence-electron chi connectivity index (χ0n) is 9.18. The maximum atomic E-state index is 9.58. The molecule has 4 nitrogen and oxygen atoms in total. The number of rotatable bonds is 3. The third kappa shape index (κ3) is 2.02. The van der Waals surface area contributed by atoms with Gasteiger partial charge in [0.2, 0.25) is 5.90 Å². The Hall–Kier alpha value is -1.55. The molecule has 0 unspecified atom stereocenters. The Bertz CT molecular complexity index is 415.